The molecule has 2 heterocycles. The third-order valence-corrected chi connectivity index (χ3v) is 4.60. The molecule has 25 heavy (non-hydrogen) atoms. The fraction of sp³-hybridized carbons (Fsp3) is 0.294. The molecule has 0 radical (unpaired) electrons. The molecular weight excluding hydrogens is 344 g/mol. The monoisotopic (exact) mass is 360 g/mol. The summed E-state index contributed by atoms with van der Waals surface area (Å²) in [6, 6.07) is 7.94. The van der Waals surface area contributed by atoms with Crippen LogP contribution in [0.3, 0.4) is 0 Å². The molecule has 2 aromatic rings. The zero-order valence-electron chi connectivity index (χ0n) is 13.6. The first kappa shape index (κ1) is 17.1. The summed E-state index contributed by atoms with van der Waals surface area (Å²) in [4.78, 5) is 40.3. The SMILES string of the molecule is CCc1ccc(-c2nc(C(=O)OCC(=O)N3CCOC3=O)cs2)cc1. The Morgan fingerprint density at radius 2 is 2.08 bits per heavy atom. The number of rotatable bonds is 5. The van der Waals surface area contributed by atoms with Gasteiger partial charge in [0.25, 0.3) is 5.91 Å². The van der Waals surface area contributed by atoms with Crippen molar-refractivity contribution >= 4 is 29.3 Å². The number of ether oxygens (including phenoxy) is 2. The van der Waals surface area contributed by atoms with Crippen LogP contribution in [0.4, 0.5) is 4.79 Å². The number of thiazole rings is 1. The fourth-order valence-electron chi connectivity index (χ4n) is 2.28. The van der Waals surface area contributed by atoms with Crippen molar-refractivity contribution in [2.45, 2.75) is 13.3 Å². The first-order valence-corrected chi connectivity index (χ1v) is 8.65. The number of aryl methyl sites for hydroxylation is 1. The van der Waals surface area contributed by atoms with Crippen molar-refractivity contribution in [2.24, 2.45) is 0 Å². The Bertz CT molecular complexity index is 800. The van der Waals surface area contributed by atoms with E-state index < -0.39 is 24.6 Å². The van der Waals surface area contributed by atoms with Crippen molar-refractivity contribution < 1.29 is 23.9 Å². The van der Waals surface area contributed by atoms with Gasteiger partial charge in [-0.3, -0.25) is 4.79 Å². The number of carbonyl (C=O) groups is 3. The molecule has 1 saturated heterocycles. The van der Waals surface area contributed by atoms with Crippen LogP contribution < -0.4 is 0 Å². The number of carbonyl (C=O) groups excluding carboxylic acids is 3. The van der Waals surface area contributed by atoms with Gasteiger partial charge in [0, 0.05) is 10.9 Å². The summed E-state index contributed by atoms with van der Waals surface area (Å²) in [5.74, 6) is -1.31. The minimum Gasteiger partial charge on any atom is -0.451 e. The molecule has 1 aliphatic rings. The van der Waals surface area contributed by atoms with Gasteiger partial charge in [0.05, 0.1) is 6.54 Å². The van der Waals surface area contributed by atoms with Crippen LogP contribution in [0.25, 0.3) is 10.6 Å². The molecule has 1 aromatic carbocycles. The van der Waals surface area contributed by atoms with E-state index in [4.69, 9.17) is 4.74 Å². The third-order valence-electron chi connectivity index (χ3n) is 3.71. The van der Waals surface area contributed by atoms with E-state index in [9.17, 15) is 14.4 Å². The van der Waals surface area contributed by atoms with Crippen molar-refractivity contribution in [1.82, 2.24) is 9.88 Å². The fourth-order valence-corrected chi connectivity index (χ4v) is 3.08. The summed E-state index contributed by atoms with van der Waals surface area (Å²) >= 11 is 1.32. The minimum atomic E-state index is -0.715. The molecule has 3 rings (SSSR count). The van der Waals surface area contributed by atoms with Gasteiger partial charge in [-0.2, -0.15) is 0 Å². The van der Waals surface area contributed by atoms with Gasteiger partial charge >= 0.3 is 12.1 Å². The highest BCUT2D eigenvalue weighted by Gasteiger charge is 2.29. The normalized spacial score (nSPS) is 13.6. The Labute approximate surface area is 148 Å². The summed E-state index contributed by atoms with van der Waals surface area (Å²) in [7, 11) is 0. The lowest BCUT2D eigenvalue weighted by atomic mass is 10.1. The Morgan fingerprint density at radius 1 is 1.32 bits per heavy atom. The molecule has 0 saturated carbocycles. The van der Waals surface area contributed by atoms with E-state index in [1.807, 2.05) is 24.3 Å². The average Bonchev–Trinajstić information content (AvgIpc) is 3.28. The lowest BCUT2D eigenvalue weighted by Crippen LogP contribution is -2.35. The van der Waals surface area contributed by atoms with Crippen LogP contribution in [0.2, 0.25) is 0 Å². The van der Waals surface area contributed by atoms with Gasteiger partial charge in [-0.1, -0.05) is 31.2 Å². The molecule has 2 amide bonds. The predicted octanol–water partition coefficient (Wildman–Crippen LogP) is 2.51. The smallest absolute Gasteiger partial charge is 0.416 e. The third kappa shape index (κ3) is 3.85. The molecular formula is C17H16N2O5S. The number of imide groups is 1. The second-order valence-electron chi connectivity index (χ2n) is 5.32. The van der Waals surface area contributed by atoms with Gasteiger partial charge in [0.1, 0.15) is 11.6 Å². The second kappa shape index (κ2) is 7.43. The highest BCUT2D eigenvalue weighted by Crippen LogP contribution is 2.24. The Hall–Kier alpha value is -2.74. The predicted molar refractivity (Wildman–Crippen MR) is 90.3 cm³/mol. The van der Waals surface area contributed by atoms with Crippen LogP contribution >= 0.6 is 11.3 Å². The van der Waals surface area contributed by atoms with Gasteiger partial charge in [0.15, 0.2) is 12.3 Å². The summed E-state index contributed by atoms with van der Waals surface area (Å²) in [6.45, 7) is 1.89. The number of amides is 2. The average molecular weight is 360 g/mol. The van der Waals surface area contributed by atoms with E-state index in [1.165, 1.54) is 16.9 Å². The van der Waals surface area contributed by atoms with Crippen molar-refractivity contribution in [1.29, 1.82) is 0 Å². The molecule has 1 aromatic heterocycles. The molecule has 0 aliphatic carbocycles. The highest BCUT2D eigenvalue weighted by molar-refractivity contribution is 7.13. The molecule has 7 nitrogen and oxygen atoms in total. The number of hydrogen-bond donors (Lipinski definition) is 0. The Morgan fingerprint density at radius 3 is 2.72 bits per heavy atom. The minimum absolute atomic E-state index is 0.136. The number of cyclic esters (lactones) is 1. The topological polar surface area (TPSA) is 85.8 Å². The molecule has 0 N–H and O–H groups in total. The lowest BCUT2D eigenvalue weighted by Gasteiger charge is -2.10. The molecule has 1 aliphatic heterocycles. The molecule has 0 bridgehead atoms. The van der Waals surface area contributed by atoms with E-state index in [1.54, 1.807) is 5.38 Å². The number of aromatic nitrogens is 1. The van der Waals surface area contributed by atoms with Crippen LogP contribution in [0.5, 0.6) is 0 Å². The van der Waals surface area contributed by atoms with Crippen LogP contribution in [0.1, 0.15) is 23.0 Å². The summed E-state index contributed by atoms with van der Waals surface area (Å²) < 4.78 is 9.60. The maximum Gasteiger partial charge on any atom is 0.416 e. The highest BCUT2D eigenvalue weighted by atomic mass is 32.1. The van der Waals surface area contributed by atoms with E-state index in [2.05, 4.69) is 16.6 Å². The van der Waals surface area contributed by atoms with E-state index >= 15 is 0 Å². The first-order chi connectivity index (χ1) is 12.1. The van der Waals surface area contributed by atoms with Gasteiger partial charge in [-0.25, -0.2) is 19.5 Å². The molecule has 8 heteroatoms. The number of esters is 1. The molecule has 0 spiro atoms. The zero-order valence-corrected chi connectivity index (χ0v) is 14.4. The van der Waals surface area contributed by atoms with Gasteiger partial charge in [0.2, 0.25) is 0 Å². The van der Waals surface area contributed by atoms with Crippen molar-refractivity contribution in [3.8, 4) is 10.6 Å². The Balaban J connectivity index is 1.60. The number of benzene rings is 1. The molecule has 1 fully saturated rings. The van der Waals surface area contributed by atoms with Crippen molar-refractivity contribution in [3.05, 3.63) is 40.9 Å². The van der Waals surface area contributed by atoms with Crippen molar-refractivity contribution in [2.75, 3.05) is 19.8 Å². The second-order valence-corrected chi connectivity index (χ2v) is 6.18. The summed E-state index contributed by atoms with van der Waals surface area (Å²) in [5.41, 5.74) is 2.27. The van der Waals surface area contributed by atoms with Crippen LogP contribution in [-0.4, -0.2) is 47.6 Å². The van der Waals surface area contributed by atoms with E-state index in [-0.39, 0.29) is 18.8 Å². The Kier molecular flexibility index (Phi) is 5.08. The van der Waals surface area contributed by atoms with Gasteiger partial charge in [-0.15, -0.1) is 11.3 Å². The lowest BCUT2D eigenvalue weighted by molar-refractivity contribution is -0.131. The maximum absolute atomic E-state index is 12.0. The maximum atomic E-state index is 12.0. The zero-order chi connectivity index (χ0) is 17.8. The van der Waals surface area contributed by atoms with Crippen LogP contribution in [0, 0.1) is 0 Å². The van der Waals surface area contributed by atoms with Gasteiger partial charge in [-0.05, 0) is 12.0 Å². The van der Waals surface area contributed by atoms with Gasteiger partial charge < -0.3 is 9.47 Å². The first-order valence-electron chi connectivity index (χ1n) is 7.77. The van der Waals surface area contributed by atoms with E-state index in [0.717, 1.165) is 16.9 Å². The van der Waals surface area contributed by atoms with Crippen LogP contribution in [0.15, 0.2) is 29.6 Å². The number of hydrogen-bond acceptors (Lipinski definition) is 7. The number of nitrogens with zero attached hydrogens (tertiary/aromatic N) is 2. The standard InChI is InChI=1S/C17H16N2O5S/c1-2-11-3-5-12(6-4-11)15-18-13(10-25-15)16(21)24-9-14(20)19-7-8-23-17(19)22/h3-6,10H,2,7-9H2,1H3. The summed E-state index contributed by atoms with van der Waals surface area (Å²) in [5, 5.41) is 2.28. The molecule has 0 unspecified atom stereocenters. The summed E-state index contributed by atoms with van der Waals surface area (Å²) in [6.07, 6.45) is 0.237. The largest absolute Gasteiger partial charge is 0.451 e. The van der Waals surface area contributed by atoms with E-state index in [0.29, 0.717) is 5.01 Å². The van der Waals surface area contributed by atoms with Crippen molar-refractivity contribution in [3.63, 3.8) is 0 Å². The van der Waals surface area contributed by atoms with Crippen LogP contribution in [-0.2, 0) is 20.7 Å². The quantitative estimate of drug-likeness (QED) is 0.762. The molecule has 0 atom stereocenters. The molecule has 130 valence electrons.